The number of ether oxygens (including phenoxy) is 1. The summed E-state index contributed by atoms with van der Waals surface area (Å²) in [4.78, 5) is 0. The van der Waals surface area contributed by atoms with E-state index in [2.05, 4.69) is 11.4 Å². The van der Waals surface area contributed by atoms with E-state index in [1.165, 1.54) is 19.2 Å². The van der Waals surface area contributed by atoms with Crippen LogP contribution in [0.4, 0.5) is 10.1 Å². The Kier molecular flexibility index (Phi) is 4.56. The molecule has 2 aromatic rings. The van der Waals surface area contributed by atoms with Crippen LogP contribution < -0.4 is 10.1 Å². The summed E-state index contributed by atoms with van der Waals surface area (Å²) < 4.78 is 18.3. The molecule has 0 aromatic heterocycles. The first-order valence-electron chi connectivity index (χ1n) is 6.26. The van der Waals surface area contributed by atoms with Crippen LogP contribution in [0.5, 0.6) is 5.75 Å². The molecule has 0 heterocycles. The van der Waals surface area contributed by atoms with Gasteiger partial charge >= 0.3 is 0 Å². The van der Waals surface area contributed by atoms with Crippen molar-refractivity contribution >= 4 is 5.69 Å². The molecule has 1 atom stereocenters. The monoisotopic (exact) mass is 270 g/mol. The number of rotatable bonds is 5. The fraction of sp³-hybridized carbons (Fsp3) is 0.188. The van der Waals surface area contributed by atoms with Crippen molar-refractivity contribution in [2.45, 2.75) is 12.5 Å². The van der Waals surface area contributed by atoms with Crippen molar-refractivity contribution in [1.29, 1.82) is 5.26 Å². The third kappa shape index (κ3) is 3.27. The third-order valence-corrected chi connectivity index (χ3v) is 2.99. The maximum absolute atomic E-state index is 13.2. The predicted octanol–water partition coefficient (Wildman–Crippen LogP) is 3.90. The Morgan fingerprint density at radius 1 is 1.25 bits per heavy atom. The summed E-state index contributed by atoms with van der Waals surface area (Å²) in [5.41, 5.74) is 1.67. The molecule has 1 N–H and O–H groups in total. The lowest BCUT2D eigenvalue weighted by molar-refractivity contribution is 0.412. The Morgan fingerprint density at radius 2 is 2.00 bits per heavy atom. The number of nitrogens with zero attached hydrogens (tertiary/aromatic N) is 1. The average Bonchev–Trinajstić information content (AvgIpc) is 2.49. The largest absolute Gasteiger partial charge is 0.494 e. The van der Waals surface area contributed by atoms with E-state index in [0.717, 1.165) is 5.56 Å². The highest BCUT2D eigenvalue weighted by atomic mass is 19.1. The molecular formula is C16H15FN2O. The Hall–Kier alpha value is -2.54. The van der Waals surface area contributed by atoms with Gasteiger partial charge in [-0.3, -0.25) is 0 Å². The van der Waals surface area contributed by atoms with Crippen LogP contribution in [-0.2, 0) is 0 Å². The number of methoxy groups -OCH3 is 1. The first-order valence-corrected chi connectivity index (χ1v) is 6.26. The molecule has 0 fully saturated rings. The van der Waals surface area contributed by atoms with Crippen molar-refractivity contribution in [2.75, 3.05) is 12.4 Å². The molecule has 0 amide bonds. The van der Waals surface area contributed by atoms with Crippen LogP contribution in [-0.4, -0.2) is 7.11 Å². The van der Waals surface area contributed by atoms with Crippen LogP contribution in [0.1, 0.15) is 18.0 Å². The van der Waals surface area contributed by atoms with E-state index >= 15 is 0 Å². The molecule has 0 aliphatic heterocycles. The van der Waals surface area contributed by atoms with Crippen molar-refractivity contribution in [2.24, 2.45) is 0 Å². The topological polar surface area (TPSA) is 45.0 Å². The van der Waals surface area contributed by atoms with Gasteiger partial charge in [0.2, 0.25) is 0 Å². The number of nitrogens with one attached hydrogen (secondary N) is 1. The quantitative estimate of drug-likeness (QED) is 0.896. The van der Waals surface area contributed by atoms with Crippen LogP contribution in [0.2, 0.25) is 0 Å². The minimum absolute atomic E-state index is 0.166. The summed E-state index contributed by atoms with van der Waals surface area (Å²) in [7, 11) is 1.49. The molecule has 0 spiro atoms. The summed E-state index contributed by atoms with van der Waals surface area (Å²) in [6, 6.07) is 15.9. The average molecular weight is 270 g/mol. The normalized spacial score (nSPS) is 11.4. The molecule has 3 nitrogen and oxygen atoms in total. The van der Waals surface area contributed by atoms with Crippen LogP contribution in [0, 0.1) is 17.1 Å². The second-order valence-corrected chi connectivity index (χ2v) is 4.31. The van der Waals surface area contributed by atoms with Gasteiger partial charge in [-0.25, -0.2) is 4.39 Å². The van der Waals surface area contributed by atoms with Crippen molar-refractivity contribution in [3.63, 3.8) is 0 Å². The zero-order valence-corrected chi connectivity index (χ0v) is 11.1. The minimum Gasteiger partial charge on any atom is -0.494 e. The SMILES string of the molecule is COc1cc(F)ccc1NC(CC#N)c1ccccc1. The number of anilines is 1. The molecule has 1 unspecified atom stereocenters. The summed E-state index contributed by atoms with van der Waals surface area (Å²) >= 11 is 0. The molecule has 4 heteroatoms. The fourth-order valence-electron chi connectivity index (χ4n) is 2.00. The molecule has 2 rings (SSSR count). The molecule has 0 bridgehead atoms. The highest BCUT2D eigenvalue weighted by Gasteiger charge is 2.13. The Balaban J connectivity index is 2.27. The lowest BCUT2D eigenvalue weighted by Gasteiger charge is -2.19. The maximum atomic E-state index is 13.2. The van der Waals surface area contributed by atoms with Gasteiger partial charge in [-0.2, -0.15) is 5.26 Å². The second kappa shape index (κ2) is 6.58. The zero-order valence-electron chi connectivity index (χ0n) is 11.1. The summed E-state index contributed by atoms with van der Waals surface area (Å²) in [5.74, 6) is 0.0628. The van der Waals surface area contributed by atoms with Crippen LogP contribution >= 0.6 is 0 Å². The number of hydrogen-bond acceptors (Lipinski definition) is 3. The number of benzene rings is 2. The van der Waals surface area contributed by atoms with Crippen molar-refractivity contribution in [3.05, 3.63) is 59.9 Å². The number of halogens is 1. The van der Waals surface area contributed by atoms with E-state index in [9.17, 15) is 4.39 Å². The van der Waals surface area contributed by atoms with Gasteiger partial charge in [0, 0.05) is 6.07 Å². The van der Waals surface area contributed by atoms with Crippen LogP contribution in [0.15, 0.2) is 48.5 Å². The van der Waals surface area contributed by atoms with Crippen LogP contribution in [0.25, 0.3) is 0 Å². The maximum Gasteiger partial charge on any atom is 0.144 e. The smallest absolute Gasteiger partial charge is 0.144 e. The van der Waals surface area contributed by atoms with E-state index in [1.54, 1.807) is 6.07 Å². The third-order valence-electron chi connectivity index (χ3n) is 2.99. The van der Waals surface area contributed by atoms with E-state index in [1.807, 2.05) is 30.3 Å². The van der Waals surface area contributed by atoms with Gasteiger partial charge in [0.1, 0.15) is 11.6 Å². The van der Waals surface area contributed by atoms with Crippen molar-refractivity contribution < 1.29 is 9.13 Å². The summed E-state index contributed by atoms with van der Waals surface area (Å²) in [5, 5.41) is 12.2. The number of hydrogen-bond donors (Lipinski definition) is 1. The molecule has 2 aromatic carbocycles. The van der Waals surface area contributed by atoms with Gasteiger partial charge in [0.05, 0.1) is 31.3 Å². The van der Waals surface area contributed by atoms with E-state index in [4.69, 9.17) is 10.00 Å². The lowest BCUT2D eigenvalue weighted by atomic mass is 10.0. The molecule has 0 radical (unpaired) electrons. The summed E-state index contributed by atoms with van der Waals surface area (Å²) in [6.07, 6.45) is 0.310. The molecule has 20 heavy (non-hydrogen) atoms. The van der Waals surface area contributed by atoms with Gasteiger partial charge in [-0.05, 0) is 17.7 Å². The predicted molar refractivity (Wildman–Crippen MR) is 76.0 cm³/mol. The molecule has 0 saturated heterocycles. The highest BCUT2D eigenvalue weighted by Crippen LogP contribution is 2.30. The fourth-order valence-corrected chi connectivity index (χ4v) is 2.00. The molecule has 102 valence electrons. The van der Waals surface area contributed by atoms with Gasteiger partial charge in [0.25, 0.3) is 0 Å². The molecule has 0 aliphatic rings. The molecule has 0 aliphatic carbocycles. The van der Waals surface area contributed by atoms with Crippen LogP contribution in [0.3, 0.4) is 0 Å². The molecule has 0 saturated carbocycles. The zero-order chi connectivity index (χ0) is 14.4. The standard InChI is InChI=1S/C16H15FN2O/c1-20-16-11-13(17)7-8-15(16)19-14(9-10-18)12-5-3-2-4-6-12/h2-8,11,14,19H,9H2,1H3. The highest BCUT2D eigenvalue weighted by molar-refractivity contribution is 5.57. The first kappa shape index (κ1) is 13.9. The van der Waals surface area contributed by atoms with Gasteiger partial charge in [-0.1, -0.05) is 30.3 Å². The second-order valence-electron chi connectivity index (χ2n) is 4.31. The molecular weight excluding hydrogens is 255 g/mol. The first-order chi connectivity index (χ1) is 9.74. The summed E-state index contributed by atoms with van der Waals surface area (Å²) in [6.45, 7) is 0. The van der Waals surface area contributed by atoms with E-state index in [-0.39, 0.29) is 11.9 Å². The van der Waals surface area contributed by atoms with E-state index in [0.29, 0.717) is 17.9 Å². The van der Waals surface area contributed by atoms with Gasteiger partial charge in [-0.15, -0.1) is 0 Å². The van der Waals surface area contributed by atoms with Gasteiger partial charge in [0.15, 0.2) is 0 Å². The minimum atomic E-state index is -0.357. The number of nitriles is 1. The van der Waals surface area contributed by atoms with Crippen molar-refractivity contribution in [1.82, 2.24) is 0 Å². The lowest BCUT2D eigenvalue weighted by Crippen LogP contribution is -2.11. The van der Waals surface area contributed by atoms with Crippen molar-refractivity contribution in [3.8, 4) is 11.8 Å². The Labute approximate surface area is 117 Å². The van der Waals surface area contributed by atoms with E-state index < -0.39 is 0 Å². The van der Waals surface area contributed by atoms with Gasteiger partial charge < -0.3 is 10.1 Å². The Bertz CT molecular complexity index is 608. The Morgan fingerprint density at radius 3 is 2.65 bits per heavy atom.